The van der Waals surface area contributed by atoms with Gasteiger partial charge in [-0.25, -0.2) is 8.78 Å². The number of nitrogen functional groups attached to an aromatic ring is 1. The Labute approximate surface area is 87.1 Å². The number of aromatic hydroxyl groups is 1. The highest BCUT2D eigenvalue weighted by Crippen LogP contribution is 2.36. The van der Waals surface area contributed by atoms with Crippen molar-refractivity contribution in [2.75, 3.05) is 5.73 Å². The zero-order valence-corrected chi connectivity index (χ0v) is 7.67. The monoisotopic (exact) mass is 230 g/mol. The van der Waals surface area contributed by atoms with Crippen LogP contribution in [0.5, 0.6) is 5.75 Å². The van der Waals surface area contributed by atoms with Crippen LogP contribution in [0.15, 0.2) is 16.8 Å². The van der Waals surface area contributed by atoms with E-state index in [4.69, 9.17) is 5.73 Å². The number of anilines is 1. The van der Waals surface area contributed by atoms with Gasteiger partial charge in [0, 0.05) is 5.56 Å². The van der Waals surface area contributed by atoms with E-state index < -0.39 is 23.2 Å². The molecule has 0 bridgehead atoms. The molecule has 0 amide bonds. The van der Waals surface area contributed by atoms with Gasteiger partial charge in [0.1, 0.15) is 0 Å². The standard InChI is InChI=1S/C9H5F3N2O2/c10-5-1-3(4-2-14-16-9(4)13)8(15)7(12)6(5)11/h1-2,15H,13H2. The number of rotatable bonds is 1. The van der Waals surface area contributed by atoms with E-state index in [9.17, 15) is 18.3 Å². The van der Waals surface area contributed by atoms with E-state index in [-0.39, 0.29) is 17.0 Å². The fourth-order valence-electron chi connectivity index (χ4n) is 1.24. The predicted molar refractivity (Wildman–Crippen MR) is 47.9 cm³/mol. The van der Waals surface area contributed by atoms with Crippen LogP contribution in [-0.4, -0.2) is 10.3 Å². The Hall–Kier alpha value is -2.18. The molecule has 0 saturated carbocycles. The summed E-state index contributed by atoms with van der Waals surface area (Å²) < 4.78 is 43.1. The molecule has 0 atom stereocenters. The number of benzene rings is 1. The minimum Gasteiger partial charge on any atom is -0.504 e. The van der Waals surface area contributed by atoms with Gasteiger partial charge in [0.15, 0.2) is 17.4 Å². The first-order valence-electron chi connectivity index (χ1n) is 4.09. The first-order chi connectivity index (χ1) is 7.52. The van der Waals surface area contributed by atoms with Gasteiger partial charge in [-0.3, -0.25) is 0 Å². The van der Waals surface area contributed by atoms with Crippen LogP contribution < -0.4 is 5.73 Å². The number of hydrogen-bond donors (Lipinski definition) is 2. The average molecular weight is 230 g/mol. The van der Waals surface area contributed by atoms with Gasteiger partial charge in [-0.05, 0) is 6.07 Å². The number of nitrogens with zero attached hydrogens (tertiary/aromatic N) is 1. The van der Waals surface area contributed by atoms with Crippen LogP contribution in [0.25, 0.3) is 11.1 Å². The van der Waals surface area contributed by atoms with Crippen molar-refractivity contribution in [3.05, 3.63) is 29.7 Å². The van der Waals surface area contributed by atoms with Crippen molar-refractivity contribution >= 4 is 5.88 Å². The van der Waals surface area contributed by atoms with Crippen LogP contribution in [0, 0.1) is 17.5 Å². The Balaban J connectivity index is 2.72. The maximum absolute atomic E-state index is 13.0. The number of nitrogens with two attached hydrogens (primary N) is 1. The number of halogens is 3. The molecular weight excluding hydrogens is 225 g/mol. The molecule has 1 aromatic carbocycles. The third kappa shape index (κ3) is 1.37. The molecular formula is C9H5F3N2O2. The van der Waals surface area contributed by atoms with Gasteiger partial charge in [0.25, 0.3) is 0 Å². The van der Waals surface area contributed by atoms with Crippen molar-refractivity contribution in [2.45, 2.75) is 0 Å². The molecule has 16 heavy (non-hydrogen) atoms. The number of aromatic nitrogens is 1. The van der Waals surface area contributed by atoms with Crippen molar-refractivity contribution in [1.82, 2.24) is 5.16 Å². The van der Waals surface area contributed by atoms with Crippen LogP contribution in [-0.2, 0) is 0 Å². The normalized spacial score (nSPS) is 10.7. The molecule has 7 heteroatoms. The third-order valence-corrected chi connectivity index (χ3v) is 2.02. The summed E-state index contributed by atoms with van der Waals surface area (Å²) in [7, 11) is 0. The van der Waals surface area contributed by atoms with Crippen LogP contribution in [0.1, 0.15) is 0 Å². The van der Waals surface area contributed by atoms with Crippen molar-refractivity contribution in [1.29, 1.82) is 0 Å². The summed E-state index contributed by atoms with van der Waals surface area (Å²) in [6.45, 7) is 0. The molecule has 0 aliphatic carbocycles. The van der Waals surface area contributed by atoms with E-state index in [1.54, 1.807) is 0 Å². The van der Waals surface area contributed by atoms with Crippen LogP contribution in [0.2, 0.25) is 0 Å². The minimum absolute atomic E-state index is 0.0182. The van der Waals surface area contributed by atoms with Crippen LogP contribution in [0.3, 0.4) is 0 Å². The fraction of sp³-hybridized carbons (Fsp3) is 0. The molecule has 1 aromatic heterocycles. The second kappa shape index (κ2) is 3.44. The van der Waals surface area contributed by atoms with Gasteiger partial charge in [0.05, 0.1) is 11.8 Å². The fourth-order valence-corrected chi connectivity index (χ4v) is 1.24. The quantitative estimate of drug-likeness (QED) is 0.735. The first-order valence-corrected chi connectivity index (χ1v) is 4.09. The Kier molecular flexibility index (Phi) is 2.22. The maximum atomic E-state index is 13.0. The highest BCUT2D eigenvalue weighted by molar-refractivity contribution is 5.76. The molecule has 0 saturated heterocycles. The zero-order valence-electron chi connectivity index (χ0n) is 7.67. The summed E-state index contributed by atoms with van der Waals surface area (Å²) in [4.78, 5) is 0. The van der Waals surface area contributed by atoms with Crippen molar-refractivity contribution in [3.8, 4) is 16.9 Å². The molecule has 0 aliphatic heterocycles. The molecule has 3 N–H and O–H groups in total. The maximum Gasteiger partial charge on any atom is 0.230 e. The molecule has 0 aliphatic rings. The van der Waals surface area contributed by atoms with Crippen molar-refractivity contribution in [2.24, 2.45) is 0 Å². The Morgan fingerprint density at radius 2 is 1.88 bits per heavy atom. The number of phenols is 1. The van der Waals surface area contributed by atoms with Gasteiger partial charge in [-0.2, -0.15) is 4.39 Å². The Morgan fingerprint density at radius 1 is 1.19 bits per heavy atom. The largest absolute Gasteiger partial charge is 0.504 e. The van der Waals surface area contributed by atoms with E-state index in [1.165, 1.54) is 0 Å². The molecule has 0 fully saturated rings. The molecule has 2 aromatic rings. The lowest BCUT2D eigenvalue weighted by atomic mass is 10.1. The van der Waals surface area contributed by atoms with E-state index >= 15 is 0 Å². The highest BCUT2D eigenvalue weighted by atomic mass is 19.2. The minimum atomic E-state index is -1.75. The van der Waals surface area contributed by atoms with E-state index in [0.29, 0.717) is 6.07 Å². The van der Waals surface area contributed by atoms with E-state index in [2.05, 4.69) is 9.68 Å². The second-order valence-corrected chi connectivity index (χ2v) is 2.99. The predicted octanol–water partition coefficient (Wildman–Crippen LogP) is 2.05. The van der Waals surface area contributed by atoms with Crippen molar-refractivity contribution < 1.29 is 22.8 Å². The third-order valence-electron chi connectivity index (χ3n) is 2.02. The lowest BCUT2D eigenvalue weighted by Gasteiger charge is -2.05. The van der Waals surface area contributed by atoms with Crippen molar-refractivity contribution in [3.63, 3.8) is 0 Å². The summed E-state index contributed by atoms with van der Waals surface area (Å²) in [5.74, 6) is -6.16. The Bertz CT molecular complexity index is 554. The summed E-state index contributed by atoms with van der Waals surface area (Å²) in [6.07, 6.45) is 1.06. The lowest BCUT2D eigenvalue weighted by Crippen LogP contribution is -1.94. The molecule has 84 valence electrons. The van der Waals surface area contributed by atoms with Gasteiger partial charge in [-0.15, -0.1) is 0 Å². The molecule has 0 spiro atoms. The second-order valence-electron chi connectivity index (χ2n) is 2.99. The zero-order chi connectivity index (χ0) is 11.9. The molecule has 2 rings (SSSR count). The summed E-state index contributed by atoms with van der Waals surface area (Å²) >= 11 is 0. The van der Waals surface area contributed by atoms with Gasteiger partial charge in [-0.1, -0.05) is 5.16 Å². The Morgan fingerprint density at radius 3 is 2.44 bits per heavy atom. The summed E-state index contributed by atoms with van der Waals surface area (Å²) in [6, 6.07) is 0.608. The van der Waals surface area contributed by atoms with E-state index in [0.717, 1.165) is 6.20 Å². The van der Waals surface area contributed by atoms with Crippen LogP contribution >= 0.6 is 0 Å². The molecule has 0 unspecified atom stereocenters. The number of phenolic OH excluding ortho intramolecular Hbond substituents is 1. The van der Waals surface area contributed by atoms with Gasteiger partial charge < -0.3 is 15.4 Å². The van der Waals surface area contributed by atoms with E-state index in [1.807, 2.05) is 0 Å². The average Bonchev–Trinajstić information content (AvgIpc) is 2.67. The summed E-state index contributed by atoms with van der Waals surface area (Å²) in [5.41, 5.74) is 4.96. The van der Waals surface area contributed by atoms with Gasteiger partial charge in [0.2, 0.25) is 11.7 Å². The lowest BCUT2D eigenvalue weighted by molar-refractivity contribution is 0.388. The first kappa shape index (κ1) is 10.3. The molecule has 0 radical (unpaired) electrons. The van der Waals surface area contributed by atoms with Gasteiger partial charge >= 0.3 is 0 Å². The summed E-state index contributed by atoms with van der Waals surface area (Å²) in [5, 5.41) is 12.6. The molecule has 1 heterocycles. The smallest absolute Gasteiger partial charge is 0.230 e. The topological polar surface area (TPSA) is 72.3 Å². The number of hydrogen-bond acceptors (Lipinski definition) is 4. The SMILES string of the molecule is Nc1oncc1-c1cc(F)c(F)c(F)c1O. The molecule has 4 nitrogen and oxygen atoms in total. The highest BCUT2D eigenvalue weighted by Gasteiger charge is 2.21. The van der Waals surface area contributed by atoms with Crippen LogP contribution in [0.4, 0.5) is 19.1 Å².